The molecule has 9 heteroatoms. The molecule has 3 unspecified atom stereocenters. The van der Waals surface area contributed by atoms with Gasteiger partial charge in [-0.3, -0.25) is 4.79 Å². The van der Waals surface area contributed by atoms with E-state index >= 15 is 0 Å². The molecule has 0 saturated heterocycles. The number of hydrogen-bond acceptors (Lipinski definition) is 8. The standard InChI is InChI=1S/C43H71N5O3S/c1-11-13-15-16-22-48(32(5)17-14-12-2)40(31(3)4)27-36(25-34(7)50)42-46-39(30-52-42)41(51)45-37(28-43(8,9)10)26-35-18-20-38(21-19-35)47(23-24-49)33(6)29-44/h18-21,30-31,36-37,40,49H,5-6,11-17,22-29,44H2,1-4,7-10H3,(H,45,51). The number of nitrogens with zero attached hydrogens (tertiary/aromatic N) is 3. The Hall–Kier alpha value is -3.01. The van der Waals surface area contributed by atoms with Gasteiger partial charge in [0.05, 0.1) is 11.6 Å². The molecule has 0 aliphatic rings. The van der Waals surface area contributed by atoms with Gasteiger partial charge in [0.2, 0.25) is 0 Å². The maximum Gasteiger partial charge on any atom is 0.270 e. The lowest BCUT2D eigenvalue weighted by Crippen LogP contribution is -2.40. The third-order valence-corrected chi connectivity index (χ3v) is 10.7. The Morgan fingerprint density at radius 2 is 1.67 bits per heavy atom. The second kappa shape index (κ2) is 22.9. The number of Topliss-reactive ketones (excluding diaryl/α,β-unsaturated/α-hetero) is 1. The summed E-state index contributed by atoms with van der Waals surface area (Å²) in [5.74, 6) is 0.245. The number of carbonyl (C=O) groups is 2. The second-order valence-corrected chi connectivity index (χ2v) is 17.0. The van der Waals surface area contributed by atoms with Gasteiger partial charge in [0, 0.05) is 66.5 Å². The third-order valence-electron chi connectivity index (χ3n) is 9.68. The van der Waals surface area contributed by atoms with Crippen molar-refractivity contribution in [1.29, 1.82) is 0 Å². The van der Waals surface area contributed by atoms with E-state index in [2.05, 4.69) is 84.0 Å². The first-order valence-electron chi connectivity index (χ1n) is 19.7. The summed E-state index contributed by atoms with van der Waals surface area (Å²) in [7, 11) is 0. The highest BCUT2D eigenvalue weighted by molar-refractivity contribution is 7.10. The van der Waals surface area contributed by atoms with Crippen molar-refractivity contribution in [1.82, 2.24) is 15.2 Å². The number of aliphatic hydroxyl groups excluding tert-OH is 1. The molecule has 1 amide bonds. The van der Waals surface area contributed by atoms with Crippen molar-refractivity contribution >= 4 is 28.7 Å². The number of rotatable bonds is 26. The van der Waals surface area contributed by atoms with Gasteiger partial charge in [-0.25, -0.2) is 4.98 Å². The smallest absolute Gasteiger partial charge is 0.270 e. The van der Waals surface area contributed by atoms with Crippen molar-refractivity contribution in [2.24, 2.45) is 17.1 Å². The van der Waals surface area contributed by atoms with Crippen LogP contribution in [-0.2, 0) is 11.2 Å². The van der Waals surface area contributed by atoms with Crippen LogP contribution in [0.5, 0.6) is 0 Å². The lowest BCUT2D eigenvalue weighted by atomic mass is 9.85. The van der Waals surface area contributed by atoms with E-state index in [4.69, 9.17) is 10.7 Å². The predicted octanol–water partition coefficient (Wildman–Crippen LogP) is 9.26. The molecule has 0 saturated carbocycles. The predicted molar refractivity (Wildman–Crippen MR) is 221 cm³/mol. The lowest BCUT2D eigenvalue weighted by Gasteiger charge is -2.39. The number of hydrogen-bond donors (Lipinski definition) is 3. The zero-order chi connectivity index (χ0) is 38.8. The van der Waals surface area contributed by atoms with Crippen molar-refractivity contribution in [2.75, 3.05) is 31.1 Å². The summed E-state index contributed by atoms with van der Waals surface area (Å²) in [5, 5.41) is 15.6. The van der Waals surface area contributed by atoms with Gasteiger partial charge in [0.15, 0.2) is 0 Å². The van der Waals surface area contributed by atoms with E-state index in [9.17, 15) is 14.7 Å². The van der Waals surface area contributed by atoms with Crippen LogP contribution in [0.15, 0.2) is 54.2 Å². The number of unbranched alkanes of at least 4 members (excludes halogenated alkanes) is 4. The van der Waals surface area contributed by atoms with Crippen LogP contribution < -0.4 is 16.0 Å². The molecule has 52 heavy (non-hydrogen) atoms. The van der Waals surface area contributed by atoms with Crippen LogP contribution in [0, 0.1) is 11.3 Å². The second-order valence-electron chi connectivity index (χ2n) is 16.1. The summed E-state index contributed by atoms with van der Waals surface area (Å²) < 4.78 is 0. The van der Waals surface area contributed by atoms with Crippen LogP contribution in [0.3, 0.4) is 0 Å². The summed E-state index contributed by atoms with van der Waals surface area (Å²) in [6, 6.07) is 8.27. The quantitative estimate of drug-likeness (QED) is 0.0826. The fraction of sp³-hybridized carbons (Fsp3) is 0.651. The fourth-order valence-electron chi connectivity index (χ4n) is 6.99. The minimum Gasteiger partial charge on any atom is -0.395 e. The zero-order valence-electron chi connectivity index (χ0n) is 33.8. The number of ketones is 1. The van der Waals surface area contributed by atoms with E-state index in [-0.39, 0.29) is 41.7 Å². The van der Waals surface area contributed by atoms with Crippen molar-refractivity contribution in [3.63, 3.8) is 0 Å². The topological polar surface area (TPSA) is 112 Å². The first kappa shape index (κ1) is 45.1. The minimum absolute atomic E-state index is 0.00102. The number of anilines is 1. The van der Waals surface area contributed by atoms with Crippen LogP contribution in [0.25, 0.3) is 0 Å². The van der Waals surface area contributed by atoms with Gasteiger partial charge in [-0.1, -0.05) is 99.4 Å². The van der Waals surface area contributed by atoms with Gasteiger partial charge in [-0.2, -0.15) is 0 Å². The van der Waals surface area contributed by atoms with E-state index in [1.807, 2.05) is 22.4 Å². The number of carbonyl (C=O) groups excluding carboxylic acids is 2. The van der Waals surface area contributed by atoms with Crippen LogP contribution in [0.4, 0.5) is 5.69 Å². The van der Waals surface area contributed by atoms with Gasteiger partial charge in [0.1, 0.15) is 11.5 Å². The average Bonchev–Trinajstić information content (AvgIpc) is 3.58. The van der Waals surface area contributed by atoms with Gasteiger partial charge in [-0.05, 0) is 74.5 Å². The van der Waals surface area contributed by atoms with E-state index in [1.54, 1.807) is 6.92 Å². The minimum atomic E-state index is -0.186. The van der Waals surface area contributed by atoms with E-state index < -0.39 is 0 Å². The van der Waals surface area contributed by atoms with E-state index in [0.717, 1.165) is 67.0 Å². The largest absolute Gasteiger partial charge is 0.395 e. The number of allylic oxidation sites excluding steroid dienone is 1. The molecule has 4 N–H and O–H groups in total. The highest BCUT2D eigenvalue weighted by atomic mass is 32.1. The normalized spacial score (nSPS) is 13.4. The number of nitrogens with two attached hydrogens (primary N) is 1. The molecule has 292 valence electrons. The molecule has 0 spiro atoms. The van der Waals surface area contributed by atoms with Gasteiger partial charge in [0.25, 0.3) is 5.91 Å². The number of thiazole rings is 1. The monoisotopic (exact) mass is 738 g/mol. The van der Waals surface area contributed by atoms with Crippen LogP contribution in [-0.4, -0.2) is 65.0 Å². The number of amides is 1. The van der Waals surface area contributed by atoms with Crippen molar-refractivity contribution in [3.8, 4) is 0 Å². The maximum absolute atomic E-state index is 13.8. The zero-order valence-corrected chi connectivity index (χ0v) is 34.6. The number of aliphatic hydroxyl groups is 1. The molecule has 2 rings (SSSR count). The molecule has 3 atom stereocenters. The number of nitrogens with one attached hydrogen (secondary N) is 1. The molecule has 2 aromatic rings. The molecule has 0 fully saturated rings. The van der Waals surface area contributed by atoms with E-state index in [1.165, 1.54) is 36.3 Å². The molecule has 0 bridgehead atoms. The van der Waals surface area contributed by atoms with Crippen LogP contribution >= 0.6 is 11.3 Å². The molecule has 1 aromatic carbocycles. The maximum atomic E-state index is 13.8. The number of benzene rings is 1. The molecule has 0 aliphatic carbocycles. The Bertz CT molecular complexity index is 1380. The Morgan fingerprint density at radius 3 is 2.23 bits per heavy atom. The molecule has 0 aliphatic heterocycles. The van der Waals surface area contributed by atoms with Crippen molar-refractivity contribution < 1.29 is 14.7 Å². The Balaban J connectivity index is 2.31. The lowest BCUT2D eigenvalue weighted by molar-refractivity contribution is -0.117. The highest BCUT2D eigenvalue weighted by Crippen LogP contribution is 2.34. The Kier molecular flexibility index (Phi) is 19.9. The van der Waals surface area contributed by atoms with Gasteiger partial charge in [-0.15, -0.1) is 11.3 Å². The Morgan fingerprint density at radius 1 is 1.00 bits per heavy atom. The first-order chi connectivity index (χ1) is 24.6. The SMILES string of the molecule is C=C(CN)N(CCO)c1ccc(CC(CC(C)(C)C)NC(=O)c2csc(C(CC(C)=O)CC(C(C)C)N(CCCCCC)C(=C)CCCC)n2)cc1. The first-order valence-corrected chi connectivity index (χ1v) is 20.6. The highest BCUT2D eigenvalue weighted by Gasteiger charge is 2.30. The average molecular weight is 738 g/mol. The van der Waals surface area contributed by atoms with Gasteiger partial charge >= 0.3 is 0 Å². The summed E-state index contributed by atoms with van der Waals surface area (Å²) in [6.07, 6.45) is 10.7. The van der Waals surface area contributed by atoms with Crippen LogP contribution in [0.2, 0.25) is 0 Å². The van der Waals surface area contributed by atoms with Crippen molar-refractivity contribution in [3.05, 3.63) is 70.5 Å². The molecular weight excluding hydrogens is 667 g/mol. The van der Waals surface area contributed by atoms with Gasteiger partial charge < -0.3 is 30.8 Å². The summed E-state index contributed by atoms with van der Waals surface area (Å²) in [6.45, 7) is 27.5. The molecule has 1 aromatic heterocycles. The third kappa shape index (κ3) is 15.5. The molecule has 0 radical (unpaired) electrons. The molecule has 8 nitrogen and oxygen atoms in total. The molecular formula is C43H71N5O3S. The summed E-state index contributed by atoms with van der Waals surface area (Å²) in [4.78, 5) is 35.8. The summed E-state index contributed by atoms with van der Waals surface area (Å²) in [5.41, 5.74) is 10.2. The Labute approximate surface area is 320 Å². The van der Waals surface area contributed by atoms with E-state index in [0.29, 0.717) is 37.5 Å². The van der Waals surface area contributed by atoms with Crippen molar-refractivity contribution in [2.45, 2.75) is 144 Å². The molecule has 1 heterocycles. The summed E-state index contributed by atoms with van der Waals surface area (Å²) >= 11 is 1.49. The fourth-order valence-corrected chi connectivity index (χ4v) is 7.90. The van der Waals surface area contributed by atoms with Crippen LogP contribution in [0.1, 0.15) is 147 Å². The number of aromatic nitrogens is 1.